The molecule has 0 saturated heterocycles. The molecule has 2 heterocycles. The van der Waals surface area contributed by atoms with Gasteiger partial charge in [-0.1, -0.05) is 31.5 Å². The van der Waals surface area contributed by atoms with Gasteiger partial charge in [0, 0.05) is 11.9 Å². The van der Waals surface area contributed by atoms with Crippen molar-refractivity contribution >= 4 is 38.3 Å². The van der Waals surface area contributed by atoms with Crippen molar-refractivity contribution in [1.82, 2.24) is 4.57 Å². The summed E-state index contributed by atoms with van der Waals surface area (Å²) in [6.45, 7) is 4.56. The lowest BCUT2D eigenvalue weighted by Gasteiger charge is -2.10. The standard InChI is InChI=1S/C18H19NO4S/c1-3-5-10-19-12-9-7-6-8-11(12)15-13(17(19)21)14(20)16(24-15)18(22)23-4-2/h6-9,20H,3-5,10H2,1-2H3. The lowest BCUT2D eigenvalue weighted by molar-refractivity contribution is 0.0529. The van der Waals surface area contributed by atoms with Gasteiger partial charge in [-0.25, -0.2) is 4.79 Å². The van der Waals surface area contributed by atoms with E-state index >= 15 is 0 Å². The van der Waals surface area contributed by atoms with Crippen molar-refractivity contribution in [3.05, 3.63) is 39.5 Å². The van der Waals surface area contributed by atoms with Gasteiger partial charge in [0.25, 0.3) is 5.56 Å². The first-order valence-electron chi connectivity index (χ1n) is 8.04. The summed E-state index contributed by atoms with van der Waals surface area (Å²) >= 11 is 1.11. The number of benzene rings is 1. The van der Waals surface area contributed by atoms with Crippen molar-refractivity contribution in [3.8, 4) is 5.75 Å². The largest absolute Gasteiger partial charge is 0.505 e. The summed E-state index contributed by atoms with van der Waals surface area (Å²) in [7, 11) is 0. The molecule has 0 saturated carbocycles. The van der Waals surface area contributed by atoms with Crippen LogP contribution in [0.5, 0.6) is 5.75 Å². The Bertz CT molecular complexity index is 970. The minimum absolute atomic E-state index is 0.0855. The third kappa shape index (κ3) is 2.57. The highest BCUT2D eigenvalue weighted by Crippen LogP contribution is 2.39. The van der Waals surface area contributed by atoms with Crippen molar-refractivity contribution in [2.75, 3.05) is 6.61 Å². The van der Waals surface area contributed by atoms with Gasteiger partial charge in [-0.15, -0.1) is 11.3 Å². The summed E-state index contributed by atoms with van der Waals surface area (Å²) in [5.41, 5.74) is 0.557. The predicted molar refractivity (Wildman–Crippen MR) is 96.1 cm³/mol. The molecule has 6 heteroatoms. The van der Waals surface area contributed by atoms with E-state index in [0.29, 0.717) is 11.2 Å². The van der Waals surface area contributed by atoms with Gasteiger partial charge in [-0.3, -0.25) is 4.79 Å². The van der Waals surface area contributed by atoms with Gasteiger partial charge in [-0.05, 0) is 19.4 Å². The molecule has 1 N–H and O–H groups in total. The molecule has 0 aliphatic heterocycles. The van der Waals surface area contributed by atoms with E-state index < -0.39 is 5.97 Å². The summed E-state index contributed by atoms with van der Waals surface area (Å²) in [4.78, 5) is 25.1. The van der Waals surface area contributed by atoms with E-state index in [-0.39, 0.29) is 28.2 Å². The highest BCUT2D eigenvalue weighted by atomic mass is 32.1. The highest BCUT2D eigenvalue weighted by molar-refractivity contribution is 7.22. The topological polar surface area (TPSA) is 68.5 Å². The van der Waals surface area contributed by atoms with Crippen molar-refractivity contribution < 1.29 is 14.6 Å². The lowest BCUT2D eigenvalue weighted by Crippen LogP contribution is -2.20. The minimum atomic E-state index is -0.597. The number of nitrogens with zero attached hydrogens (tertiary/aromatic N) is 1. The molecule has 0 unspecified atom stereocenters. The maximum absolute atomic E-state index is 12.9. The Morgan fingerprint density at radius 1 is 1.29 bits per heavy atom. The molecule has 1 aromatic carbocycles. The lowest BCUT2D eigenvalue weighted by atomic mass is 10.1. The molecule has 3 aromatic rings. The number of para-hydroxylation sites is 1. The molecule has 2 aromatic heterocycles. The zero-order chi connectivity index (χ0) is 17.3. The number of hydrogen-bond acceptors (Lipinski definition) is 5. The van der Waals surface area contributed by atoms with Crippen LogP contribution in [-0.4, -0.2) is 22.2 Å². The second kappa shape index (κ2) is 6.65. The third-order valence-corrected chi connectivity index (χ3v) is 5.17. The van der Waals surface area contributed by atoms with Crippen molar-refractivity contribution in [2.45, 2.75) is 33.2 Å². The first kappa shape index (κ1) is 16.5. The Kier molecular flexibility index (Phi) is 4.57. The van der Waals surface area contributed by atoms with Crippen LogP contribution in [0.4, 0.5) is 0 Å². The Morgan fingerprint density at radius 3 is 2.75 bits per heavy atom. The van der Waals surface area contributed by atoms with Crippen LogP contribution >= 0.6 is 11.3 Å². The molecule has 0 bridgehead atoms. The number of hydrogen-bond donors (Lipinski definition) is 1. The van der Waals surface area contributed by atoms with Crippen LogP contribution in [0.1, 0.15) is 36.4 Å². The van der Waals surface area contributed by atoms with Gasteiger partial charge < -0.3 is 14.4 Å². The van der Waals surface area contributed by atoms with E-state index in [2.05, 4.69) is 6.92 Å². The first-order chi connectivity index (χ1) is 11.6. The molecule has 5 nitrogen and oxygen atoms in total. The fraction of sp³-hybridized carbons (Fsp3) is 0.333. The zero-order valence-corrected chi connectivity index (χ0v) is 14.5. The van der Waals surface area contributed by atoms with Crippen LogP contribution in [0.25, 0.3) is 21.0 Å². The number of aryl methyl sites for hydroxylation is 1. The second-order valence-corrected chi connectivity index (χ2v) is 6.55. The van der Waals surface area contributed by atoms with Gasteiger partial charge in [0.15, 0.2) is 10.6 Å². The Balaban J connectivity index is 2.37. The molecule has 0 atom stereocenters. The van der Waals surface area contributed by atoms with E-state index in [1.54, 1.807) is 11.5 Å². The maximum Gasteiger partial charge on any atom is 0.352 e. The molecule has 24 heavy (non-hydrogen) atoms. The summed E-state index contributed by atoms with van der Waals surface area (Å²) in [5, 5.41) is 11.5. The number of esters is 1. The van der Waals surface area contributed by atoms with Crippen molar-refractivity contribution in [1.29, 1.82) is 0 Å². The molecule has 0 spiro atoms. The fourth-order valence-corrected chi connectivity index (χ4v) is 3.94. The molecule has 0 amide bonds. The van der Waals surface area contributed by atoms with Crippen LogP contribution in [0.3, 0.4) is 0 Å². The molecular weight excluding hydrogens is 326 g/mol. The van der Waals surface area contributed by atoms with Crippen LogP contribution < -0.4 is 5.56 Å². The Hall–Kier alpha value is -2.34. The van der Waals surface area contributed by atoms with Gasteiger partial charge in [-0.2, -0.15) is 0 Å². The molecule has 0 fully saturated rings. The quantitative estimate of drug-likeness (QED) is 0.712. The average Bonchev–Trinajstić information content (AvgIpc) is 2.93. The van der Waals surface area contributed by atoms with Gasteiger partial charge >= 0.3 is 5.97 Å². The summed E-state index contributed by atoms with van der Waals surface area (Å²) in [6, 6.07) is 7.57. The summed E-state index contributed by atoms with van der Waals surface area (Å²) in [6.07, 6.45) is 1.83. The van der Waals surface area contributed by atoms with E-state index in [1.807, 2.05) is 24.3 Å². The first-order valence-corrected chi connectivity index (χ1v) is 8.85. The number of carbonyl (C=O) groups excluding carboxylic acids is 1. The number of fused-ring (bicyclic) bond motifs is 3. The Labute approximate surface area is 143 Å². The number of unbranched alkanes of at least 4 members (excludes halogenated alkanes) is 1. The van der Waals surface area contributed by atoms with Crippen LogP contribution in [0, 0.1) is 0 Å². The van der Waals surface area contributed by atoms with Crippen molar-refractivity contribution in [2.24, 2.45) is 0 Å². The van der Waals surface area contributed by atoms with Crippen molar-refractivity contribution in [3.63, 3.8) is 0 Å². The normalized spacial score (nSPS) is 11.2. The number of aromatic hydroxyl groups is 1. The molecule has 126 valence electrons. The van der Waals surface area contributed by atoms with E-state index in [4.69, 9.17) is 4.74 Å². The van der Waals surface area contributed by atoms with E-state index in [1.165, 1.54) is 0 Å². The smallest absolute Gasteiger partial charge is 0.352 e. The molecule has 3 rings (SSSR count). The molecule has 0 aliphatic rings. The second-order valence-electron chi connectivity index (χ2n) is 5.53. The Morgan fingerprint density at radius 2 is 2.04 bits per heavy atom. The zero-order valence-electron chi connectivity index (χ0n) is 13.7. The van der Waals surface area contributed by atoms with Gasteiger partial charge in [0.1, 0.15) is 5.39 Å². The summed E-state index contributed by atoms with van der Waals surface area (Å²) in [5.74, 6) is -0.866. The minimum Gasteiger partial charge on any atom is -0.505 e. The molecule has 0 aliphatic carbocycles. The van der Waals surface area contributed by atoms with Crippen LogP contribution in [0.15, 0.2) is 29.1 Å². The maximum atomic E-state index is 12.9. The molecular formula is C18H19NO4S. The van der Waals surface area contributed by atoms with Crippen LogP contribution in [0.2, 0.25) is 0 Å². The fourth-order valence-electron chi connectivity index (χ4n) is 2.83. The number of ether oxygens (including phenoxy) is 1. The number of carbonyl (C=O) groups is 1. The van der Waals surface area contributed by atoms with Gasteiger partial charge in [0.2, 0.25) is 0 Å². The number of pyridine rings is 1. The van der Waals surface area contributed by atoms with Gasteiger partial charge in [0.05, 0.1) is 16.8 Å². The number of thiophene rings is 1. The third-order valence-electron chi connectivity index (χ3n) is 3.98. The van der Waals surface area contributed by atoms with E-state index in [9.17, 15) is 14.7 Å². The number of rotatable bonds is 5. The number of aromatic nitrogens is 1. The SMILES string of the molecule is CCCCn1c(=O)c2c(O)c(C(=O)OCC)sc2c2ccccc21. The summed E-state index contributed by atoms with van der Waals surface area (Å²) < 4.78 is 7.30. The monoisotopic (exact) mass is 345 g/mol. The average molecular weight is 345 g/mol. The van der Waals surface area contributed by atoms with Crippen LogP contribution in [-0.2, 0) is 11.3 Å². The molecule has 0 radical (unpaired) electrons. The van der Waals surface area contributed by atoms with E-state index in [0.717, 1.165) is 35.1 Å². The predicted octanol–water partition coefficient (Wildman–Crippen LogP) is 3.90. The highest BCUT2D eigenvalue weighted by Gasteiger charge is 2.24.